The minimum absolute atomic E-state index is 0.170. The summed E-state index contributed by atoms with van der Waals surface area (Å²) in [5, 5.41) is 8.20. The Labute approximate surface area is 162 Å². The molecular formula is C21H12F5N3. The lowest BCUT2D eigenvalue weighted by molar-refractivity contribution is -0.137. The van der Waals surface area contributed by atoms with Crippen LogP contribution in [0.4, 0.5) is 22.0 Å². The SMILES string of the molecule is Fc1ccc(-c2nnc(-c3ccc(F)cc3)n2-c2cccc(C(F)(F)F)c2)cc1. The first-order valence-corrected chi connectivity index (χ1v) is 8.48. The Hall–Kier alpha value is -3.55. The van der Waals surface area contributed by atoms with Crippen LogP contribution in [0.1, 0.15) is 5.56 Å². The first-order valence-electron chi connectivity index (χ1n) is 8.48. The van der Waals surface area contributed by atoms with E-state index in [4.69, 9.17) is 0 Å². The molecule has 0 bridgehead atoms. The van der Waals surface area contributed by atoms with Gasteiger partial charge in [-0.1, -0.05) is 6.07 Å². The summed E-state index contributed by atoms with van der Waals surface area (Å²) in [6, 6.07) is 15.4. The van der Waals surface area contributed by atoms with Crippen molar-refractivity contribution in [2.24, 2.45) is 0 Å². The smallest absolute Gasteiger partial charge is 0.275 e. The van der Waals surface area contributed by atoms with Gasteiger partial charge in [0.1, 0.15) is 11.6 Å². The molecule has 0 saturated heterocycles. The summed E-state index contributed by atoms with van der Waals surface area (Å²) >= 11 is 0. The van der Waals surface area contributed by atoms with Gasteiger partial charge in [-0.25, -0.2) is 8.78 Å². The van der Waals surface area contributed by atoms with Crippen LogP contribution >= 0.6 is 0 Å². The predicted octanol–water partition coefficient (Wildman–Crippen LogP) is 5.90. The zero-order valence-corrected chi connectivity index (χ0v) is 14.7. The van der Waals surface area contributed by atoms with Gasteiger partial charge in [0, 0.05) is 16.8 Å². The molecule has 0 amide bonds. The fourth-order valence-electron chi connectivity index (χ4n) is 2.92. The van der Waals surface area contributed by atoms with Crippen LogP contribution in [0.5, 0.6) is 0 Å². The average molecular weight is 401 g/mol. The third-order valence-electron chi connectivity index (χ3n) is 4.30. The van der Waals surface area contributed by atoms with Crippen LogP contribution in [0.3, 0.4) is 0 Å². The lowest BCUT2D eigenvalue weighted by Crippen LogP contribution is -2.07. The van der Waals surface area contributed by atoms with Crippen molar-refractivity contribution in [2.75, 3.05) is 0 Å². The molecule has 0 N–H and O–H groups in total. The van der Waals surface area contributed by atoms with Gasteiger partial charge in [0.2, 0.25) is 0 Å². The highest BCUT2D eigenvalue weighted by molar-refractivity contribution is 5.66. The number of alkyl halides is 3. The molecule has 1 heterocycles. The lowest BCUT2D eigenvalue weighted by atomic mass is 10.1. The Morgan fingerprint density at radius 1 is 0.655 bits per heavy atom. The van der Waals surface area contributed by atoms with Gasteiger partial charge in [-0.15, -0.1) is 10.2 Å². The average Bonchev–Trinajstić information content (AvgIpc) is 3.13. The maximum absolute atomic E-state index is 13.3. The maximum atomic E-state index is 13.3. The molecule has 0 aliphatic heterocycles. The normalized spacial score (nSPS) is 11.6. The van der Waals surface area contributed by atoms with Crippen molar-refractivity contribution < 1.29 is 22.0 Å². The number of hydrogen-bond donors (Lipinski definition) is 0. The molecule has 146 valence electrons. The second-order valence-electron chi connectivity index (χ2n) is 6.24. The highest BCUT2D eigenvalue weighted by Crippen LogP contribution is 2.33. The van der Waals surface area contributed by atoms with Crippen molar-refractivity contribution in [3.05, 3.63) is 90.0 Å². The number of nitrogens with zero attached hydrogens (tertiary/aromatic N) is 3. The molecule has 29 heavy (non-hydrogen) atoms. The van der Waals surface area contributed by atoms with E-state index >= 15 is 0 Å². The highest BCUT2D eigenvalue weighted by atomic mass is 19.4. The summed E-state index contributed by atoms with van der Waals surface area (Å²) in [5.41, 5.74) is 0.261. The molecule has 8 heteroatoms. The second kappa shape index (κ2) is 7.12. The molecule has 3 nitrogen and oxygen atoms in total. The zero-order valence-electron chi connectivity index (χ0n) is 14.7. The third kappa shape index (κ3) is 3.73. The molecule has 1 aromatic heterocycles. The number of hydrogen-bond acceptors (Lipinski definition) is 2. The minimum Gasteiger partial charge on any atom is -0.275 e. The molecule has 0 aliphatic carbocycles. The van der Waals surface area contributed by atoms with Crippen molar-refractivity contribution in [3.63, 3.8) is 0 Å². The Morgan fingerprint density at radius 3 is 1.59 bits per heavy atom. The van der Waals surface area contributed by atoms with Crippen molar-refractivity contribution in [1.82, 2.24) is 14.8 Å². The van der Waals surface area contributed by atoms with Crippen molar-refractivity contribution in [3.8, 4) is 28.5 Å². The van der Waals surface area contributed by atoms with Crippen molar-refractivity contribution in [1.29, 1.82) is 0 Å². The molecule has 0 atom stereocenters. The molecule has 3 aromatic carbocycles. The summed E-state index contributed by atoms with van der Waals surface area (Å²) in [6.45, 7) is 0. The van der Waals surface area contributed by atoms with Crippen LogP contribution in [-0.2, 0) is 6.18 Å². The van der Waals surface area contributed by atoms with E-state index in [2.05, 4.69) is 10.2 Å². The molecule has 0 saturated carbocycles. The lowest BCUT2D eigenvalue weighted by Gasteiger charge is -2.13. The molecule has 0 spiro atoms. The third-order valence-corrected chi connectivity index (χ3v) is 4.30. The van der Waals surface area contributed by atoms with Crippen LogP contribution < -0.4 is 0 Å². The summed E-state index contributed by atoms with van der Waals surface area (Å²) in [6.07, 6.45) is -4.53. The van der Waals surface area contributed by atoms with Crippen molar-refractivity contribution in [2.45, 2.75) is 6.18 Å². The first-order chi connectivity index (χ1) is 13.8. The summed E-state index contributed by atoms with van der Waals surface area (Å²) < 4.78 is 67.7. The van der Waals surface area contributed by atoms with Crippen LogP contribution in [0.15, 0.2) is 72.8 Å². The Morgan fingerprint density at radius 2 is 1.14 bits per heavy atom. The zero-order chi connectivity index (χ0) is 20.6. The molecule has 0 aliphatic rings. The number of benzene rings is 3. The van der Waals surface area contributed by atoms with E-state index in [0.29, 0.717) is 11.1 Å². The van der Waals surface area contributed by atoms with Crippen molar-refractivity contribution >= 4 is 0 Å². The second-order valence-corrected chi connectivity index (χ2v) is 6.24. The topological polar surface area (TPSA) is 30.7 Å². The first kappa shape index (κ1) is 18.8. The maximum Gasteiger partial charge on any atom is 0.416 e. The standard InChI is InChI=1S/C21H12F5N3/c22-16-8-4-13(5-9-16)19-27-28-20(14-6-10-17(23)11-7-14)29(19)18-3-1-2-15(12-18)21(24,25)26/h1-12H. The quantitative estimate of drug-likeness (QED) is 0.400. The van der Waals surface area contributed by atoms with E-state index in [1.54, 1.807) is 0 Å². The van der Waals surface area contributed by atoms with Gasteiger partial charge in [-0.2, -0.15) is 13.2 Å². The van der Waals surface area contributed by atoms with Crippen LogP contribution in [-0.4, -0.2) is 14.8 Å². The van der Waals surface area contributed by atoms with Gasteiger partial charge in [0.15, 0.2) is 11.6 Å². The van der Waals surface area contributed by atoms with E-state index in [1.165, 1.54) is 65.2 Å². The Bertz CT molecular complexity index is 1080. The van der Waals surface area contributed by atoms with Crippen LogP contribution in [0.25, 0.3) is 28.5 Å². The van der Waals surface area contributed by atoms with E-state index in [9.17, 15) is 22.0 Å². The number of rotatable bonds is 3. The van der Waals surface area contributed by atoms with Gasteiger partial charge in [-0.3, -0.25) is 4.57 Å². The molecule has 0 fully saturated rings. The molecular weight excluding hydrogens is 389 g/mol. The van der Waals surface area contributed by atoms with E-state index < -0.39 is 23.4 Å². The summed E-state index contributed by atoms with van der Waals surface area (Å²) in [4.78, 5) is 0. The van der Waals surface area contributed by atoms with E-state index in [-0.39, 0.29) is 17.3 Å². The fraction of sp³-hybridized carbons (Fsp3) is 0.0476. The van der Waals surface area contributed by atoms with E-state index in [1.807, 2.05) is 0 Å². The molecule has 0 radical (unpaired) electrons. The van der Waals surface area contributed by atoms with Crippen LogP contribution in [0.2, 0.25) is 0 Å². The monoisotopic (exact) mass is 401 g/mol. The highest BCUT2D eigenvalue weighted by Gasteiger charge is 2.31. The van der Waals surface area contributed by atoms with Gasteiger partial charge in [0.05, 0.1) is 5.56 Å². The van der Waals surface area contributed by atoms with Gasteiger partial charge < -0.3 is 0 Å². The summed E-state index contributed by atoms with van der Waals surface area (Å²) in [7, 11) is 0. The number of halogens is 5. The van der Waals surface area contributed by atoms with Gasteiger partial charge in [-0.05, 0) is 66.7 Å². The summed E-state index contributed by atoms with van der Waals surface area (Å²) in [5.74, 6) is -0.470. The predicted molar refractivity (Wildman–Crippen MR) is 97.1 cm³/mol. The Balaban J connectivity index is 1.95. The largest absolute Gasteiger partial charge is 0.416 e. The number of aromatic nitrogens is 3. The fourth-order valence-corrected chi connectivity index (χ4v) is 2.92. The van der Waals surface area contributed by atoms with E-state index in [0.717, 1.165) is 12.1 Å². The molecule has 0 unspecified atom stereocenters. The van der Waals surface area contributed by atoms with Crippen LogP contribution in [0, 0.1) is 11.6 Å². The molecule has 4 aromatic rings. The molecule has 4 rings (SSSR count). The minimum atomic E-state index is -4.53. The van der Waals surface area contributed by atoms with Gasteiger partial charge in [0.25, 0.3) is 0 Å². The Kier molecular flexibility index (Phi) is 4.62. The van der Waals surface area contributed by atoms with Gasteiger partial charge >= 0.3 is 6.18 Å².